The number of hydrogen-bond donors (Lipinski definition) is 2. The maximum atomic E-state index is 12.2. The van der Waals surface area contributed by atoms with Gasteiger partial charge in [-0.25, -0.2) is 0 Å². The number of nitrogens with two attached hydrogens (primary N) is 1. The van der Waals surface area contributed by atoms with Gasteiger partial charge in [0, 0.05) is 16.8 Å². The monoisotopic (exact) mass is 278 g/mol. The third-order valence-corrected chi connectivity index (χ3v) is 3.12. The highest BCUT2D eigenvalue weighted by molar-refractivity contribution is 6.04. The van der Waals surface area contributed by atoms with E-state index in [1.807, 2.05) is 56.3 Å². The SMILES string of the molecule is Cc1ccc(C(=O)Nc2ccc(C#CCN)cc2C)cc1. The summed E-state index contributed by atoms with van der Waals surface area (Å²) in [7, 11) is 0. The molecule has 2 aromatic carbocycles. The van der Waals surface area contributed by atoms with Crippen molar-refractivity contribution >= 4 is 11.6 Å². The van der Waals surface area contributed by atoms with E-state index in [1.165, 1.54) is 0 Å². The second-order valence-electron chi connectivity index (χ2n) is 4.86. The lowest BCUT2D eigenvalue weighted by Gasteiger charge is -2.09. The molecule has 0 heterocycles. The van der Waals surface area contributed by atoms with Crippen LogP contribution in [0.3, 0.4) is 0 Å². The molecular formula is C18H18N2O. The van der Waals surface area contributed by atoms with Crippen molar-refractivity contribution in [2.24, 2.45) is 5.73 Å². The van der Waals surface area contributed by atoms with Crippen molar-refractivity contribution in [3.63, 3.8) is 0 Å². The van der Waals surface area contributed by atoms with E-state index >= 15 is 0 Å². The minimum atomic E-state index is -0.112. The molecule has 1 amide bonds. The van der Waals surface area contributed by atoms with Crippen LogP contribution in [-0.2, 0) is 0 Å². The lowest BCUT2D eigenvalue weighted by atomic mass is 10.1. The van der Waals surface area contributed by atoms with Gasteiger partial charge in [-0.05, 0) is 49.7 Å². The largest absolute Gasteiger partial charge is 0.322 e. The van der Waals surface area contributed by atoms with E-state index in [9.17, 15) is 4.79 Å². The van der Waals surface area contributed by atoms with Crippen LogP contribution in [0.1, 0.15) is 27.0 Å². The lowest BCUT2D eigenvalue weighted by Crippen LogP contribution is -2.12. The number of anilines is 1. The molecule has 0 aliphatic heterocycles. The van der Waals surface area contributed by atoms with E-state index in [4.69, 9.17) is 5.73 Å². The molecule has 3 heteroatoms. The normalized spacial score (nSPS) is 9.67. The Hall–Kier alpha value is -2.57. The molecule has 0 spiro atoms. The first-order valence-corrected chi connectivity index (χ1v) is 6.78. The van der Waals surface area contributed by atoms with Gasteiger partial charge in [-0.2, -0.15) is 0 Å². The summed E-state index contributed by atoms with van der Waals surface area (Å²) in [6.07, 6.45) is 0. The Morgan fingerprint density at radius 3 is 2.48 bits per heavy atom. The summed E-state index contributed by atoms with van der Waals surface area (Å²) in [5.41, 5.74) is 9.79. The second kappa shape index (κ2) is 6.74. The number of aryl methyl sites for hydroxylation is 2. The summed E-state index contributed by atoms with van der Waals surface area (Å²) in [5, 5.41) is 2.92. The maximum absolute atomic E-state index is 12.2. The van der Waals surface area contributed by atoms with Crippen LogP contribution < -0.4 is 11.1 Å². The Bertz CT molecular complexity index is 706. The molecule has 21 heavy (non-hydrogen) atoms. The molecule has 0 aliphatic rings. The molecule has 0 saturated carbocycles. The Labute approximate surface area is 125 Å². The zero-order valence-electron chi connectivity index (χ0n) is 12.2. The molecule has 0 aromatic heterocycles. The van der Waals surface area contributed by atoms with E-state index in [2.05, 4.69) is 17.2 Å². The standard InChI is InChI=1S/C18H18N2O/c1-13-5-8-16(9-6-13)18(21)20-17-10-7-15(4-3-11-19)12-14(17)2/h5-10,12H,11,19H2,1-2H3,(H,20,21). The van der Waals surface area contributed by atoms with Crippen molar-refractivity contribution in [3.8, 4) is 11.8 Å². The molecule has 0 bridgehead atoms. The maximum Gasteiger partial charge on any atom is 0.255 e. The quantitative estimate of drug-likeness (QED) is 0.830. The van der Waals surface area contributed by atoms with Gasteiger partial charge in [-0.15, -0.1) is 0 Å². The summed E-state index contributed by atoms with van der Waals surface area (Å²) < 4.78 is 0. The van der Waals surface area contributed by atoms with Crippen molar-refractivity contribution in [3.05, 3.63) is 64.7 Å². The van der Waals surface area contributed by atoms with Crippen molar-refractivity contribution in [2.45, 2.75) is 13.8 Å². The summed E-state index contributed by atoms with van der Waals surface area (Å²) >= 11 is 0. The number of benzene rings is 2. The second-order valence-corrected chi connectivity index (χ2v) is 4.86. The van der Waals surface area contributed by atoms with Crippen molar-refractivity contribution < 1.29 is 4.79 Å². The minimum Gasteiger partial charge on any atom is -0.322 e. The smallest absolute Gasteiger partial charge is 0.255 e. The van der Waals surface area contributed by atoms with Gasteiger partial charge in [-0.1, -0.05) is 29.5 Å². The first-order valence-electron chi connectivity index (χ1n) is 6.78. The first-order chi connectivity index (χ1) is 10.1. The number of carbonyl (C=O) groups is 1. The summed E-state index contributed by atoms with van der Waals surface area (Å²) in [6, 6.07) is 13.2. The fourth-order valence-electron chi connectivity index (χ4n) is 1.93. The number of nitrogens with one attached hydrogen (secondary N) is 1. The highest BCUT2D eigenvalue weighted by Crippen LogP contribution is 2.17. The molecule has 0 saturated heterocycles. The van der Waals surface area contributed by atoms with Crippen molar-refractivity contribution in [1.82, 2.24) is 0 Å². The Balaban J connectivity index is 2.16. The van der Waals surface area contributed by atoms with Gasteiger partial charge < -0.3 is 11.1 Å². The molecule has 2 rings (SSSR count). The van der Waals surface area contributed by atoms with Gasteiger partial charge in [0.05, 0.1) is 6.54 Å². The van der Waals surface area contributed by atoms with Crippen molar-refractivity contribution in [1.29, 1.82) is 0 Å². The molecule has 0 aliphatic carbocycles. The molecule has 0 unspecified atom stereocenters. The van der Waals surface area contributed by atoms with E-state index in [1.54, 1.807) is 0 Å². The van der Waals surface area contributed by atoms with E-state index in [-0.39, 0.29) is 5.91 Å². The highest BCUT2D eigenvalue weighted by atomic mass is 16.1. The summed E-state index contributed by atoms with van der Waals surface area (Å²) in [4.78, 5) is 12.2. The third kappa shape index (κ3) is 3.95. The van der Waals surface area contributed by atoms with Gasteiger partial charge in [0.15, 0.2) is 0 Å². The first kappa shape index (κ1) is 14.8. The van der Waals surface area contributed by atoms with Gasteiger partial charge in [-0.3, -0.25) is 4.79 Å². The minimum absolute atomic E-state index is 0.112. The zero-order chi connectivity index (χ0) is 15.2. The van der Waals surface area contributed by atoms with Gasteiger partial charge in [0.25, 0.3) is 5.91 Å². The summed E-state index contributed by atoms with van der Waals surface area (Å²) in [5.74, 6) is 5.68. The molecule has 3 nitrogen and oxygen atoms in total. The zero-order valence-corrected chi connectivity index (χ0v) is 12.2. The predicted octanol–water partition coefficient (Wildman–Crippen LogP) is 2.87. The van der Waals surface area contributed by atoms with Crippen LogP contribution >= 0.6 is 0 Å². The summed E-state index contributed by atoms with van der Waals surface area (Å²) in [6.45, 7) is 4.27. The fraction of sp³-hybridized carbons (Fsp3) is 0.167. The van der Waals surface area contributed by atoms with Gasteiger partial charge in [0.2, 0.25) is 0 Å². The average molecular weight is 278 g/mol. The third-order valence-electron chi connectivity index (χ3n) is 3.12. The molecule has 0 atom stereocenters. The van der Waals surface area contributed by atoms with Crippen LogP contribution in [0.25, 0.3) is 0 Å². The van der Waals surface area contributed by atoms with Crippen LogP contribution in [0.15, 0.2) is 42.5 Å². The fourth-order valence-corrected chi connectivity index (χ4v) is 1.93. The number of amides is 1. The molecule has 2 aromatic rings. The van der Waals surface area contributed by atoms with Gasteiger partial charge >= 0.3 is 0 Å². The van der Waals surface area contributed by atoms with E-state index in [0.717, 1.165) is 22.4 Å². The molecular weight excluding hydrogens is 260 g/mol. The van der Waals surface area contributed by atoms with Crippen LogP contribution in [0.4, 0.5) is 5.69 Å². The van der Waals surface area contributed by atoms with E-state index in [0.29, 0.717) is 12.1 Å². The Morgan fingerprint density at radius 1 is 1.14 bits per heavy atom. The molecule has 106 valence electrons. The Kier molecular flexibility index (Phi) is 4.76. The van der Waals surface area contributed by atoms with Crippen molar-refractivity contribution in [2.75, 3.05) is 11.9 Å². The topological polar surface area (TPSA) is 55.1 Å². The molecule has 3 N–H and O–H groups in total. The average Bonchev–Trinajstić information content (AvgIpc) is 2.48. The van der Waals surface area contributed by atoms with Gasteiger partial charge in [0.1, 0.15) is 0 Å². The van der Waals surface area contributed by atoms with Crippen LogP contribution in [-0.4, -0.2) is 12.5 Å². The number of rotatable bonds is 2. The number of carbonyl (C=O) groups excluding carboxylic acids is 1. The predicted molar refractivity (Wildman–Crippen MR) is 86.2 cm³/mol. The highest BCUT2D eigenvalue weighted by Gasteiger charge is 2.07. The lowest BCUT2D eigenvalue weighted by molar-refractivity contribution is 0.102. The van der Waals surface area contributed by atoms with Crippen LogP contribution in [0.5, 0.6) is 0 Å². The number of hydrogen-bond acceptors (Lipinski definition) is 2. The van der Waals surface area contributed by atoms with Crippen LogP contribution in [0, 0.1) is 25.7 Å². The molecule has 0 radical (unpaired) electrons. The van der Waals surface area contributed by atoms with E-state index < -0.39 is 0 Å². The Morgan fingerprint density at radius 2 is 1.86 bits per heavy atom. The molecule has 0 fully saturated rings. The van der Waals surface area contributed by atoms with Crippen LogP contribution in [0.2, 0.25) is 0 Å².